The van der Waals surface area contributed by atoms with Crippen LogP contribution in [0.4, 0.5) is 0 Å². The number of carbonyl (C=O) groups is 4. The summed E-state index contributed by atoms with van der Waals surface area (Å²) in [5.74, 6) is 4.35. The van der Waals surface area contributed by atoms with Gasteiger partial charge in [-0.3, -0.25) is 24.2 Å². The van der Waals surface area contributed by atoms with E-state index in [2.05, 4.69) is 5.01 Å². The SMILES string of the molecule is CC1(C)C(=O)N(C2C3CC4CC(C3)CC2C4)N1C(=O)c1ccccc1.CC1(C)C(=O)N(C2C3CC4CC2CC(C(N)=O)(C4)C3)N1Cc1ccccc1Cl. The third kappa shape index (κ3) is 5.33. The van der Waals surface area contributed by atoms with Gasteiger partial charge in [0.25, 0.3) is 17.7 Å². The molecular weight excluding hydrogens is 686 g/mol. The molecule has 8 aliphatic carbocycles. The van der Waals surface area contributed by atoms with E-state index >= 15 is 0 Å². The zero-order valence-corrected chi connectivity index (χ0v) is 32.3. The van der Waals surface area contributed by atoms with E-state index < -0.39 is 11.1 Å². The summed E-state index contributed by atoms with van der Waals surface area (Å²) in [6.07, 6.45) is 11.2. The standard InChI is InChI=1S/C22H28ClN3O2.C21H26N2O2/c1-21(2)20(28)26(25(21)12-14-5-3-4-6-17(14)23)18-15-7-13-8-16(18)11-22(9-13,10-15)19(24)27;1-21(2)20(25)22(23(21)19(24)15-6-4-3-5-7-15)18-16-9-13-8-14(11-16)12-17(18)10-13/h3-6,13,15-16,18H,7-12H2,1-2H3,(H2,24,27);3-7,13-14,16-18H,8-12H2,1-2H3. The van der Waals surface area contributed by atoms with E-state index in [1.54, 1.807) is 5.01 Å². The quantitative estimate of drug-likeness (QED) is 0.349. The van der Waals surface area contributed by atoms with E-state index in [-0.39, 0.29) is 41.1 Å². The molecule has 2 aromatic rings. The molecule has 282 valence electrons. The second-order valence-corrected chi connectivity index (χ2v) is 19.5. The average Bonchev–Trinajstić information content (AvgIpc) is 3.12. The first-order chi connectivity index (χ1) is 25.2. The minimum absolute atomic E-state index is 0.0426. The molecule has 2 unspecified atom stereocenters. The number of hydrazine groups is 2. The molecule has 53 heavy (non-hydrogen) atoms. The number of carbonyl (C=O) groups excluding carboxylic acids is 4. The third-order valence-corrected chi connectivity index (χ3v) is 15.5. The molecule has 2 aliphatic heterocycles. The van der Waals surface area contributed by atoms with Gasteiger partial charge in [-0.25, -0.2) is 10.0 Å². The molecule has 2 aromatic carbocycles. The van der Waals surface area contributed by atoms with Gasteiger partial charge < -0.3 is 5.73 Å². The van der Waals surface area contributed by atoms with E-state index in [9.17, 15) is 19.2 Å². The van der Waals surface area contributed by atoms with Crippen LogP contribution in [-0.4, -0.2) is 66.8 Å². The number of primary amides is 1. The lowest BCUT2D eigenvalue weighted by atomic mass is 9.47. The summed E-state index contributed by atoms with van der Waals surface area (Å²) in [5, 5.41) is 8.57. The van der Waals surface area contributed by atoms with Gasteiger partial charge in [0.15, 0.2) is 0 Å². The Bertz CT molecular complexity index is 1800. The lowest BCUT2D eigenvalue weighted by Crippen LogP contribution is -2.80. The lowest BCUT2D eigenvalue weighted by molar-refractivity contribution is -0.255. The van der Waals surface area contributed by atoms with Crippen LogP contribution in [0.5, 0.6) is 0 Å². The van der Waals surface area contributed by atoms with Crippen molar-refractivity contribution in [3.8, 4) is 0 Å². The summed E-state index contributed by atoms with van der Waals surface area (Å²) in [5.41, 5.74) is 5.93. The van der Waals surface area contributed by atoms with Gasteiger partial charge in [-0.2, -0.15) is 5.01 Å². The number of nitrogens with zero attached hydrogens (tertiary/aromatic N) is 4. The molecule has 0 radical (unpaired) electrons. The fourth-order valence-electron chi connectivity index (χ4n) is 13.1. The van der Waals surface area contributed by atoms with Crippen LogP contribution in [0.2, 0.25) is 5.02 Å². The predicted molar refractivity (Wildman–Crippen MR) is 201 cm³/mol. The molecular formula is C43H54ClN5O4. The highest BCUT2D eigenvalue weighted by atomic mass is 35.5. The van der Waals surface area contributed by atoms with Gasteiger partial charge in [0.1, 0.15) is 11.1 Å². The highest BCUT2D eigenvalue weighted by Gasteiger charge is 2.65. The highest BCUT2D eigenvalue weighted by molar-refractivity contribution is 6.31. The van der Waals surface area contributed by atoms with Crippen LogP contribution in [0.1, 0.15) is 108 Å². The molecule has 2 N–H and O–H groups in total. The fourth-order valence-corrected chi connectivity index (χ4v) is 13.3. The van der Waals surface area contributed by atoms with Crippen LogP contribution in [0, 0.1) is 46.8 Å². The average molecular weight is 740 g/mol. The molecule has 4 amide bonds. The van der Waals surface area contributed by atoms with Crippen LogP contribution >= 0.6 is 11.6 Å². The molecule has 0 spiro atoms. The van der Waals surface area contributed by atoms with Crippen molar-refractivity contribution in [3.05, 3.63) is 70.7 Å². The van der Waals surface area contributed by atoms with Crippen molar-refractivity contribution >= 4 is 35.2 Å². The first-order valence-electron chi connectivity index (χ1n) is 20.1. The monoisotopic (exact) mass is 739 g/mol. The Morgan fingerprint density at radius 1 is 0.679 bits per heavy atom. The maximum Gasteiger partial charge on any atom is 0.273 e. The Morgan fingerprint density at radius 2 is 1.21 bits per heavy atom. The van der Waals surface area contributed by atoms with Crippen LogP contribution in [-0.2, 0) is 20.9 Å². The zero-order valence-electron chi connectivity index (χ0n) is 31.5. The van der Waals surface area contributed by atoms with E-state index in [1.165, 1.54) is 32.1 Å². The molecule has 0 aromatic heterocycles. The first kappa shape index (κ1) is 35.3. The van der Waals surface area contributed by atoms with Crippen LogP contribution < -0.4 is 5.73 Å². The Hall–Kier alpha value is -3.43. The van der Waals surface area contributed by atoms with Crippen LogP contribution in [0.3, 0.4) is 0 Å². The van der Waals surface area contributed by atoms with Crippen molar-refractivity contribution in [1.29, 1.82) is 0 Å². The van der Waals surface area contributed by atoms with Gasteiger partial charge in [-0.15, -0.1) is 0 Å². The largest absolute Gasteiger partial charge is 0.369 e. The Morgan fingerprint density at radius 3 is 1.79 bits per heavy atom. The van der Waals surface area contributed by atoms with Crippen LogP contribution in [0.15, 0.2) is 54.6 Å². The maximum absolute atomic E-state index is 13.2. The number of hydrogen-bond donors (Lipinski definition) is 1. The second-order valence-electron chi connectivity index (χ2n) is 19.1. The number of amides is 4. The predicted octanol–water partition coefficient (Wildman–Crippen LogP) is 6.85. The molecule has 9 nitrogen and oxygen atoms in total. The van der Waals surface area contributed by atoms with E-state index in [4.69, 9.17) is 17.3 Å². The highest BCUT2D eigenvalue weighted by Crippen LogP contribution is 2.62. The maximum atomic E-state index is 13.2. The molecule has 2 atom stereocenters. The normalized spacial score (nSPS) is 38.3. The molecule has 2 saturated heterocycles. The minimum atomic E-state index is -0.735. The lowest BCUT2D eigenvalue weighted by Gasteiger charge is -2.67. The number of rotatable bonds is 6. The third-order valence-electron chi connectivity index (χ3n) is 15.1. The molecule has 8 saturated carbocycles. The Labute approximate surface area is 318 Å². The summed E-state index contributed by atoms with van der Waals surface area (Å²) in [4.78, 5) is 51.6. The van der Waals surface area contributed by atoms with E-state index in [0.29, 0.717) is 41.7 Å². The fraction of sp³-hybridized carbons (Fsp3) is 0.628. The van der Waals surface area contributed by atoms with Gasteiger partial charge in [-0.05, 0) is 157 Å². The molecule has 10 fully saturated rings. The van der Waals surface area contributed by atoms with Crippen molar-refractivity contribution in [3.63, 3.8) is 0 Å². The summed E-state index contributed by atoms with van der Waals surface area (Å²) in [7, 11) is 0. The van der Waals surface area contributed by atoms with Gasteiger partial charge in [0.2, 0.25) is 5.91 Å². The summed E-state index contributed by atoms with van der Waals surface area (Å²) in [6, 6.07) is 17.6. The number of benzene rings is 2. The number of nitrogens with two attached hydrogens (primary N) is 1. The summed E-state index contributed by atoms with van der Waals surface area (Å²) < 4.78 is 0. The van der Waals surface area contributed by atoms with Crippen molar-refractivity contribution < 1.29 is 19.2 Å². The van der Waals surface area contributed by atoms with Gasteiger partial charge in [0, 0.05) is 22.5 Å². The van der Waals surface area contributed by atoms with Crippen LogP contribution in [0.25, 0.3) is 0 Å². The molecule has 2 heterocycles. The Balaban J connectivity index is 0.000000141. The Kier molecular flexibility index (Phi) is 8.18. The van der Waals surface area contributed by atoms with Crippen molar-refractivity contribution in [1.82, 2.24) is 20.0 Å². The van der Waals surface area contributed by atoms with Crippen molar-refractivity contribution in [2.24, 2.45) is 52.6 Å². The van der Waals surface area contributed by atoms with E-state index in [0.717, 1.165) is 54.5 Å². The van der Waals surface area contributed by atoms with Gasteiger partial charge in [-0.1, -0.05) is 48.0 Å². The summed E-state index contributed by atoms with van der Waals surface area (Å²) >= 11 is 6.40. The van der Waals surface area contributed by atoms with Crippen molar-refractivity contribution in [2.75, 3.05) is 0 Å². The van der Waals surface area contributed by atoms with Crippen molar-refractivity contribution in [2.45, 2.75) is 122 Å². The second kappa shape index (κ2) is 12.3. The summed E-state index contributed by atoms with van der Waals surface area (Å²) in [6.45, 7) is 8.36. The molecule has 10 aliphatic rings. The minimum Gasteiger partial charge on any atom is -0.369 e. The smallest absolute Gasteiger partial charge is 0.273 e. The van der Waals surface area contributed by atoms with Gasteiger partial charge >= 0.3 is 0 Å². The zero-order chi connectivity index (χ0) is 37.2. The molecule has 12 rings (SSSR count). The molecule has 8 bridgehead atoms. The molecule has 10 heteroatoms. The number of hydrogen-bond acceptors (Lipinski definition) is 5. The van der Waals surface area contributed by atoms with Gasteiger partial charge in [0.05, 0.1) is 12.1 Å². The van der Waals surface area contributed by atoms with E-state index in [1.807, 2.05) is 92.3 Å². The number of halogens is 1. The topological polar surface area (TPSA) is 107 Å². The first-order valence-corrected chi connectivity index (χ1v) is 20.4.